The van der Waals surface area contributed by atoms with Gasteiger partial charge in [0.15, 0.2) is 0 Å². The van der Waals surface area contributed by atoms with E-state index in [2.05, 4.69) is 10.3 Å². The van der Waals surface area contributed by atoms with E-state index in [9.17, 15) is 4.79 Å². The number of hydrogen-bond acceptors (Lipinski definition) is 2. The van der Waals surface area contributed by atoms with Crippen molar-refractivity contribution in [1.82, 2.24) is 14.9 Å². The van der Waals surface area contributed by atoms with Crippen LogP contribution >= 0.6 is 0 Å². The van der Waals surface area contributed by atoms with Crippen molar-refractivity contribution in [2.75, 3.05) is 0 Å². The van der Waals surface area contributed by atoms with Crippen LogP contribution in [-0.2, 0) is 7.05 Å². The van der Waals surface area contributed by atoms with Gasteiger partial charge in [0.25, 0.3) is 5.91 Å². The third-order valence-corrected chi connectivity index (χ3v) is 2.66. The first-order valence-corrected chi connectivity index (χ1v) is 5.51. The van der Waals surface area contributed by atoms with Gasteiger partial charge in [-0.3, -0.25) is 9.78 Å². The molecule has 0 aliphatic rings. The van der Waals surface area contributed by atoms with Gasteiger partial charge < -0.3 is 9.88 Å². The molecule has 0 aliphatic heterocycles. The van der Waals surface area contributed by atoms with Gasteiger partial charge in [-0.25, -0.2) is 0 Å². The van der Waals surface area contributed by atoms with E-state index < -0.39 is 0 Å². The van der Waals surface area contributed by atoms with Crippen molar-refractivity contribution in [1.29, 1.82) is 0 Å². The van der Waals surface area contributed by atoms with Gasteiger partial charge in [-0.1, -0.05) is 6.07 Å². The number of rotatable bonds is 3. The maximum absolute atomic E-state index is 12.0. The van der Waals surface area contributed by atoms with Gasteiger partial charge in [-0.05, 0) is 31.2 Å². The molecular formula is C13H15N3O. The van der Waals surface area contributed by atoms with E-state index in [4.69, 9.17) is 0 Å². The zero-order valence-corrected chi connectivity index (χ0v) is 9.92. The highest BCUT2D eigenvalue weighted by Gasteiger charge is 2.13. The van der Waals surface area contributed by atoms with Gasteiger partial charge in [0.1, 0.15) is 5.69 Å². The molecule has 0 unspecified atom stereocenters. The quantitative estimate of drug-likeness (QED) is 0.874. The highest BCUT2D eigenvalue weighted by molar-refractivity contribution is 5.92. The molecule has 17 heavy (non-hydrogen) atoms. The number of carbonyl (C=O) groups is 1. The molecule has 0 aliphatic carbocycles. The lowest BCUT2D eigenvalue weighted by Crippen LogP contribution is -2.28. The molecular weight excluding hydrogens is 214 g/mol. The smallest absolute Gasteiger partial charge is 0.268 e. The normalized spacial score (nSPS) is 12.1. The second-order valence-electron chi connectivity index (χ2n) is 3.95. The van der Waals surface area contributed by atoms with Gasteiger partial charge in [-0.2, -0.15) is 0 Å². The number of aromatic nitrogens is 2. The zero-order chi connectivity index (χ0) is 12.3. The number of pyridine rings is 1. The molecule has 0 aromatic carbocycles. The average molecular weight is 229 g/mol. The first-order chi connectivity index (χ1) is 8.18. The van der Waals surface area contributed by atoms with Crippen LogP contribution in [0.4, 0.5) is 0 Å². The Hall–Kier alpha value is -2.10. The standard InChI is InChI=1S/C13H15N3O/c1-10(11-6-3-4-8-14-11)15-13(17)12-7-5-9-16(12)2/h3-10H,1-2H3,(H,15,17)/t10-/m1/s1. The minimum atomic E-state index is -0.0985. The number of aryl methyl sites for hydroxylation is 1. The van der Waals surface area contributed by atoms with Crippen molar-refractivity contribution in [3.8, 4) is 0 Å². The number of hydrogen-bond donors (Lipinski definition) is 1. The maximum Gasteiger partial charge on any atom is 0.268 e. The summed E-state index contributed by atoms with van der Waals surface area (Å²) in [6.07, 6.45) is 3.57. The molecule has 0 saturated heterocycles. The molecule has 2 aromatic rings. The number of nitrogens with one attached hydrogen (secondary N) is 1. The summed E-state index contributed by atoms with van der Waals surface area (Å²) < 4.78 is 1.79. The van der Waals surface area contributed by atoms with Gasteiger partial charge in [0.05, 0.1) is 11.7 Å². The molecule has 88 valence electrons. The van der Waals surface area contributed by atoms with Crippen LogP contribution in [-0.4, -0.2) is 15.5 Å². The van der Waals surface area contributed by atoms with Gasteiger partial charge in [0, 0.05) is 19.4 Å². The van der Waals surface area contributed by atoms with Crippen LogP contribution in [0.15, 0.2) is 42.7 Å². The summed E-state index contributed by atoms with van der Waals surface area (Å²) in [7, 11) is 1.85. The molecule has 0 fully saturated rings. The number of nitrogens with zero attached hydrogens (tertiary/aromatic N) is 2. The first-order valence-electron chi connectivity index (χ1n) is 5.51. The Balaban J connectivity index is 2.08. The zero-order valence-electron chi connectivity index (χ0n) is 9.92. The second kappa shape index (κ2) is 4.82. The van der Waals surface area contributed by atoms with Crippen molar-refractivity contribution in [3.63, 3.8) is 0 Å². The lowest BCUT2D eigenvalue weighted by molar-refractivity contribution is 0.0931. The monoisotopic (exact) mass is 229 g/mol. The second-order valence-corrected chi connectivity index (χ2v) is 3.95. The van der Waals surface area contributed by atoms with Gasteiger partial charge in [0.2, 0.25) is 0 Å². The van der Waals surface area contributed by atoms with Crippen LogP contribution in [0.2, 0.25) is 0 Å². The van der Waals surface area contributed by atoms with Crippen molar-refractivity contribution in [3.05, 3.63) is 54.1 Å². The van der Waals surface area contributed by atoms with Crippen LogP contribution in [0.5, 0.6) is 0 Å². The number of carbonyl (C=O) groups excluding carboxylic acids is 1. The average Bonchev–Trinajstić information content (AvgIpc) is 2.76. The summed E-state index contributed by atoms with van der Waals surface area (Å²) in [4.78, 5) is 16.2. The first kappa shape index (κ1) is 11.4. The fourth-order valence-electron chi connectivity index (χ4n) is 1.67. The third kappa shape index (κ3) is 2.53. The van der Waals surface area contributed by atoms with Crippen molar-refractivity contribution >= 4 is 5.91 Å². The summed E-state index contributed by atoms with van der Waals surface area (Å²) in [5.74, 6) is -0.0874. The van der Waals surface area contributed by atoms with Crippen molar-refractivity contribution < 1.29 is 4.79 Å². The Morgan fingerprint density at radius 3 is 2.76 bits per heavy atom. The minimum Gasteiger partial charge on any atom is -0.347 e. The van der Waals surface area contributed by atoms with E-state index in [1.165, 1.54) is 0 Å². The Bertz CT molecular complexity index is 504. The van der Waals surface area contributed by atoms with E-state index in [0.29, 0.717) is 5.69 Å². The lowest BCUT2D eigenvalue weighted by atomic mass is 10.2. The van der Waals surface area contributed by atoms with E-state index in [-0.39, 0.29) is 11.9 Å². The van der Waals surface area contributed by atoms with Crippen molar-refractivity contribution in [2.45, 2.75) is 13.0 Å². The highest BCUT2D eigenvalue weighted by atomic mass is 16.2. The van der Waals surface area contributed by atoms with Gasteiger partial charge in [-0.15, -0.1) is 0 Å². The predicted octanol–water partition coefficient (Wildman–Crippen LogP) is 1.91. The Labute approximate surface area is 100 Å². The molecule has 4 nitrogen and oxygen atoms in total. The summed E-state index contributed by atoms with van der Waals surface area (Å²) in [6, 6.07) is 9.21. The van der Waals surface area contributed by atoms with E-state index in [1.807, 2.05) is 44.4 Å². The predicted molar refractivity (Wildman–Crippen MR) is 65.5 cm³/mol. The highest BCUT2D eigenvalue weighted by Crippen LogP contribution is 2.09. The van der Waals surface area contributed by atoms with Crippen LogP contribution in [0.1, 0.15) is 29.1 Å². The van der Waals surface area contributed by atoms with Crippen LogP contribution in [0.3, 0.4) is 0 Å². The Morgan fingerprint density at radius 2 is 2.18 bits per heavy atom. The fourth-order valence-corrected chi connectivity index (χ4v) is 1.67. The molecule has 0 bridgehead atoms. The molecule has 2 heterocycles. The van der Waals surface area contributed by atoms with E-state index >= 15 is 0 Å². The maximum atomic E-state index is 12.0. The molecule has 0 saturated carbocycles. The van der Waals surface area contributed by atoms with Crippen molar-refractivity contribution in [2.24, 2.45) is 7.05 Å². The molecule has 2 rings (SSSR count). The molecule has 0 radical (unpaired) electrons. The molecule has 1 N–H and O–H groups in total. The Kier molecular flexibility index (Phi) is 3.23. The fraction of sp³-hybridized carbons (Fsp3) is 0.231. The molecule has 4 heteroatoms. The summed E-state index contributed by atoms with van der Waals surface area (Å²) in [6.45, 7) is 1.92. The van der Waals surface area contributed by atoms with E-state index in [1.54, 1.807) is 16.8 Å². The molecule has 0 spiro atoms. The minimum absolute atomic E-state index is 0.0874. The largest absolute Gasteiger partial charge is 0.347 e. The topological polar surface area (TPSA) is 46.9 Å². The Morgan fingerprint density at radius 1 is 1.35 bits per heavy atom. The van der Waals surface area contributed by atoms with Crippen LogP contribution < -0.4 is 5.32 Å². The van der Waals surface area contributed by atoms with Crippen LogP contribution in [0, 0.1) is 0 Å². The SMILES string of the molecule is C[C@@H](NC(=O)c1cccn1C)c1ccccn1. The number of amides is 1. The molecule has 1 atom stereocenters. The summed E-state index contributed by atoms with van der Waals surface area (Å²) >= 11 is 0. The third-order valence-electron chi connectivity index (χ3n) is 2.66. The van der Waals surface area contributed by atoms with Gasteiger partial charge >= 0.3 is 0 Å². The van der Waals surface area contributed by atoms with Crippen LogP contribution in [0.25, 0.3) is 0 Å². The van der Waals surface area contributed by atoms with E-state index in [0.717, 1.165) is 5.69 Å². The summed E-state index contributed by atoms with van der Waals surface area (Å²) in [5.41, 5.74) is 1.50. The molecule has 1 amide bonds. The lowest BCUT2D eigenvalue weighted by Gasteiger charge is -2.13. The molecule has 2 aromatic heterocycles. The summed E-state index contributed by atoms with van der Waals surface area (Å²) in [5, 5.41) is 2.92.